The van der Waals surface area contributed by atoms with Gasteiger partial charge in [-0.1, -0.05) is 24.3 Å². The van der Waals surface area contributed by atoms with Crippen molar-refractivity contribution in [2.75, 3.05) is 20.2 Å². The second kappa shape index (κ2) is 6.75. The summed E-state index contributed by atoms with van der Waals surface area (Å²) in [5, 5.41) is 0. The number of benzene rings is 1. The third-order valence-corrected chi connectivity index (χ3v) is 4.98. The molecule has 4 nitrogen and oxygen atoms in total. The van der Waals surface area contributed by atoms with Gasteiger partial charge in [-0.05, 0) is 44.4 Å². The molecule has 0 N–H and O–H groups in total. The summed E-state index contributed by atoms with van der Waals surface area (Å²) in [7, 11) is 1.42. The summed E-state index contributed by atoms with van der Waals surface area (Å²) in [4.78, 5) is 14.3. The molecule has 3 rings (SSSR count). The number of carbonyl (C=O) groups excluding carboxylic acids is 1. The van der Waals surface area contributed by atoms with Crippen LogP contribution in [0.3, 0.4) is 0 Å². The molecular weight excluding hydrogens is 290 g/mol. The summed E-state index contributed by atoms with van der Waals surface area (Å²) < 4.78 is 10.7. The van der Waals surface area contributed by atoms with E-state index in [1.807, 2.05) is 6.92 Å². The SMILES string of the molecule is COC(=O)C1=C(C)OC(CN2CCCC2c2ccccc2C)C1. The Morgan fingerprint density at radius 1 is 1.35 bits per heavy atom. The number of ether oxygens (including phenoxy) is 2. The summed E-state index contributed by atoms with van der Waals surface area (Å²) in [6, 6.07) is 9.08. The van der Waals surface area contributed by atoms with Crippen molar-refractivity contribution in [2.24, 2.45) is 0 Å². The maximum Gasteiger partial charge on any atom is 0.337 e. The number of esters is 1. The zero-order chi connectivity index (χ0) is 16.4. The molecule has 4 heteroatoms. The molecule has 2 aliphatic heterocycles. The van der Waals surface area contributed by atoms with Crippen LogP contribution in [0.4, 0.5) is 0 Å². The summed E-state index contributed by atoms with van der Waals surface area (Å²) in [6.45, 7) is 5.98. The Kier molecular flexibility index (Phi) is 4.71. The van der Waals surface area contributed by atoms with Crippen molar-refractivity contribution in [3.63, 3.8) is 0 Å². The molecule has 2 aliphatic rings. The van der Waals surface area contributed by atoms with Crippen LogP contribution in [0.25, 0.3) is 0 Å². The van der Waals surface area contributed by atoms with Gasteiger partial charge in [0.2, 0.25) is 0 Å². The lowest BCUT2D eigenvalue weighted by Crippen LogP contribution is -2.32. The fourth-order valence-electron chi connectivity index (χ4n) is 3.81. The Morgan fingerprint density at radius 2 is 2.13 bits per heavy atom. The molecule has 23 heavy (non-hydrogen) atoms. The maximum absolute atomic E-state index is 11.8. The lowest BCUT2D eigenvalue weighted by atomic mass is 9.99. The topological polar surface area (TPSA) is 38.8 Å². The predicted molar refractivity (Wildman–Crippen MR) is 88.9 cm³/mol. The van der Waals surface area contributed by atoms with E-state index in [0.29, 0.717) is 23.8 Å². The van der Waals surface area contributed by atoms with Gasteiger partial charge in [-0.2, -0.15) is 0 Å². The normalized spacial score (nSPS) is 24.8. The van der Waals surface area contributed by atoms with E-state index in [1.165, 1.54) is 31.1 Å². The molecule has 0 aliphatic carbocycles. The van der Waals surface area contributed by atoms with Gasteiger partial charge in [0.15, 0.2) is 0 Å². The first-order chi connectivity index (χ1) is 11.1. The molecule has 1 fully saturated rings. The van der Waals surface area contributed by atoms with Gasteiger partial charge in [0.25, 0.3) is 0 Å². The van der Waals surface area contributed by atoms with Crippen molar-refractivity contribution < 1.29 is 14.3 Å². The van der Waals surface area contributed by atoms with Gasteiger partial charge in [-0.3, -0.25) is 4.90 Å². The number of methoxy groups -OCH3 is 1. The average molecular weight is 315 g/mol. The van der Waals surface area contributed by atoms with Crippen molar-refractivity contribution in [3.05, 3.63) is 46.7 Å². The molecule has 0 saturated carbocycles. The standard InChI is InChI=1S/C19H25NO3/c1-13-7-4-5-8-16(13)18-9-6-10-20(18)12-15-11-17(14(2)23-15)19(21)22-3/h4-5,7-8,15,18H,6,9-12H2,1-3H3. The number of aryl methyl sites for hydroxylation is 1. The minimum absolute atomic E-state index is 0.0497. The molecule has 0 bridgehead atoms. The first-order valence-corrected chi connectivity index (χ1v) is 8.34. The van der Waals surface area contributed by atoms with E-state index < -0.39 is 0 Å². The lowest BCUT2D eigenvalue weighted by molar-refractivity contribution is -0.136. The van der Waals surface area contributed by atoms with Crippen LogP contribution in [-0.2, 0) is 14.3 Å². The Morgan fingerprint density at radius 3 is 2.87 bits per heavy atom. The Hall–Kier alpha value is -1.81. The first-order valence-electron chi connectivity index (χ1n) is 8.34. The quantitative estimate of drug-likeness (QED) is 0.799. The van der Waals surface area contributed by atoms with E-state index in [2.05, 4.69) is 36.1 Å². The van der Waals surface area contributed by atoms with Crippen LogP contribution in [0.1, 0.15) is 43.4 Å². The highest BCUT2D eigenvalue weighted by atomic mass is 16.5. The van der Waals surface area contributed by atoms with E-state index >= 15 is 0 Å². The molecule has 124 valence electrons. The molecule has 1 saturated heterocycles. The van der Waals surface area contributed by atoms with Gasteiger partial charge in [0.05, 0.1) is 12.7 Å². The third kappa shape index (κ3) is 3.27. The van der Waals surface area contributed by atoms with Crippen LogP contribution >= 0.6 is 0 Å². The molecule has 2 unspecified atom stereocenters. The highest BCUT2D eigenvalue weighted by Gasteiger charge is 2.34. The molecular formula is C19H25NO3. The van der Waals surface area contributed by atoms with Gasteiger partial charge in [-0.25, -0.2) is 4.79 Å². The zero-order valence-corrected chi connectivity index (χ0v) is 14.2. The van der Waals surface area contributed by atoms with Crippen LogP contribution in [0.15, 0.2) is 35.6 Å². The van der Waals surface area contributed by atoms with E-state index in [9.17, 15) is 4.79 Å². The van der Waals surface area contributed by atoms with Crippen LogP contribution in [-0.4, -0.2) is 37.2 Å². The number of nitrogens with zero attached hydrogens (tertiary/aromatic N) is 1. The van der Waals surface area contributed by atoms with Crippen LogP contribution in [0.2, 0.25) is 0 Å². The second-order valence-corrected chi connectivity index (χ2v) is 6.48. The fourth-order valence-corrected chi connectivity index (χ4v) is 3.81. The molecule has 0 spiro atoms. The minimum Gasteiger partial charge on any atom is -0.493 e. The van der Waals surface area contributed by atoms with Crippen molar-refractivity contribution in [1.82, 2.24) is 4.90 Å². The molecule has 2 atom stereocenters. The highest BCUT2D eigenvalue weighted by Crippen LogP contribution is 2.35. The summed E-state index contributed by atoms with van der Waals surface area (Å²) in [6.07, 6.45) is 3.10. The van der Waals surface area contributed by atoms with E-state index in [4.69, 9.17) is 9.47 Å². The fraction of sp³-hybridized carbons (Fsp3) is 0.526. The average Bonchev–Trinajstić information content (AvgIpc) is 3.14. The van der Waals surface area contributed by atoms with Crippen molar-refractivity contribution in [1.29, 1.82) is 0 Å². The summed E-state index contributed by atoms with van der Waals surface area (Å²) in [5.41, 5.74) is 3.45. The molecule has 0 aromatic heterocycles. The monoisotopic (exact) mass is 315 g/mol. The smallest absolute Gasteiger partial charge is 0.337 e. The van der Waals surface area contributed by atoms with Gasteiger partial charge in [-0.15, -0.1) is 0 Å². The number of allylic oxidation sites excluding steroid dienone is 1. The van der Waals surface area contributed by atoms with Gasteiger partial charge in [0, 0.05) is 19.0 Å². The van der Waals surface area contributed by atoms with E-state index in [1.54, 1.807) is 0 Å². The van der Waals surface area contributed by atoms with Crippen molar-refractivity contribution in [3.8, 4) is 0 Å². The van der Waals surface area contributed by atoms with Gasteiger partial charge >= 0.3 is 5.97 Å². The molecule has 0 amide bonds. The number of carbonyl (C=O) groups is 1. The van der Waals surface area contributed by atoms with Crippen LogP contribution < -0.4 is 0 Å². The van der Waals surface area contributed by atoms with Gasteiger partial charge in [0.1, 0.15) is 11.9 Å². The van der Waals surface area contributed by atoms with Crippen LogP contribution in [0.5, 0.6) is 0 Å². The van der Waals surface area contributed by atoms with Crippen molar-refractivity contribution >= 4 is 5.97 Å². The highest BCUT2D eigenvalue weighted by molar-refractivity contribution is 5.89. The third-order valence-electron chi connectivity index (χ3n) is 4.98. The summed E-state index contributed by atoms with van der Waals surface area (Å²) >= 11 is 0. The maximum atomic E-state index is 11.8. The van der Waals surface area contributed by atoms with Crippen molar-refractivity contribution in [2.45, 2.75) is 45.3 Å². The molecule has 2 heterocycles. The Balaban J connectivity index is 1.67. The van der Waals surface area contributed by atoms with E-state index in [-0.39, 0.29) is 12.1 Å². The number of hydrogen-bond acceptors (Lipinski definition) is 4. The number of rotatable bonds is 4. The van der Waals surface area contributed by atoms with Crippen LogP contribution in [0, 0.1) is 6.92 Å². The minimum atomic E-state index is -0.262. The number of hydrogen-bond donors (Lipinski definition) is 0. The van der Waals surface area contributed by atoms with E-state index in [0.717, 1.165) is 13.1 Å². The molecule has 1 aromatic carbocycles. The van der Waals surface area contributed by atoms with Gasteiger partial charge < -0.3 is 9.47 Å². The number of likely N-dealkylation sites (tertiary alicyclic amines) is 1. The second-order valence-electron chi connectivity index (χ2n) is 6.48. The molecule has 0 radical (unpaired) electrons. The zero-order valence-electron chi connectivity index (χ0n) is 14.2. The lowest BCUT2D eigenvalue weighted by Gasteiger charge is -2.28. The Labute approximate surface area is 138 Å². The summed E-state index contributed by atoms with van der Waals surface area (Å²) in [5.74, 6) is 0.454. The largest absolute Gasteiger partial charge is 0.493 e. The molecule has 1 aromatic rings. The first kappa shape index (κ1) is 16.1. The Bertz CT molecular complexity index is 623. The predicted octanol–water partition coefficient (Wildman–Crippen LogP) is 3.37.